The van der Waals surface area contributed by atoms with Gasteiger partial charge in [0, 0.05) is 44.8 Å². The molecule has 0 spiro atoms. The largest absolute Gasteiger partial charge is 0.353 e. The Balaban J connectivity index is 1.25. The molecule has 2 saturated heterocycles. The fourth-order valence-corrected chi connectivity index (χ4v) is 4.70. The van der Waals surface area contributed by atoms with Crippen molar-refractivity contribution in [1.29, 1.82) is 0 Å². The third-order valence-electron chi connectivity index (χ3n) is 6.81. The topological polar surface area (TPSA) is 86.9 Å². The van der Waals surface area contributed by atoms with Gasteiger partial charge in [0.25, 0.3) is 0 Å². The van der Waals surface area contributed by atoms with Crippen molar-refractivity contribution in [1.82, 2.24) is 24.7 Å². The average molecular weight is 448 g/mol. The van der Waals surface area contributed by atoms with Gasteiger partial charge in [0.1, 0.15) is 5.82 Å². The van der Waals surface area contributed by atoms with Gasteiger partial charge < -0.3 is 14.7 Å². The van der Waals surface area contributed by atoms with E-state index in [1.807, 2.05) is 49.1 Å². The summed E-state index contributed by atoms with van der Waals surface area (Å²) in [5.74, 6) is 1.42. The Morgan fingerprint density at radius 3 is 2.64 bits per heavy atom. The Labute approximate surface area is 193 Å². The predicted molar refractivity (Wildman–Crippen MR) is 125 cm³/mol. The number of hydrogen-bond acceptors (Lipinski definition) is 6. The van der Waals surface area contributed by atoms with E-state index in [1.54, 1.807) is 9.42 Å². The molecule has 1 aromatic carbocycles. The molecule has 2 amide bonds. The molecule has 9 heteroatoms. The number of fused-ring (bicyclic) bond motifs is 1. The van der Waals surface area contributed by atoms with Crippen LogP contribution >= 0.6 is 0 Å². The minimum atomic E-state index is -0.292. The SMILES string of the molecule is Cc1ccc(N2CC(C(=O)N3CCCN(c4ccc5nnc(C)n5n4)CC3)CC2=O)cc1C. The van der Waals surface area contributed by atoms with Crippen molar-refractivity contribution >= 4 is 29.0 Å². The Kier molecular flexibility index (Phi) is 5.47. The average Bonchev–Trinajstić information content (AvgIpc) is 3.27. The van der Waals surface area contributed by atoms with Crippen molar-refractivity contribution in [3.05, 3.63) is 47.3 Å². The van der Waals surface area contributed by atoms with Crippen LogP contribution < -0.4 is 9.80 Å². The zero-order valence-corrected chi connectivity index (χ0v) is 19.4. The lowest BCUT2D eigenvalue weighted by molar-refractivity contribution is -0.135. The summed E-state index contributed by atoms with van der Waals surface area (Å²) in [4.78, 5) is 31.9. The molecule has 0 aliphatic carbocycles. The Hall–Kier alpha value is -3.49. The van der Waals surface area contributed by atoms with Crippen LogP contribution in [0.25, 0.3) is 5.65 Å². The van der Waals surface area contributed by atoms with Crippen LogP contribution in [-0.2, 0) is 9.59 Å². The summed E-state index contributed by atoms with van der Waals surface area (Å²) < 4.78 is 1.74. The van der Waals surface area contributed by atoms with Crippen molar-refractivity contribution < 1.29 is 9.59 Å². The van der Waals surface area contributed by atoms with E-state index < -0.39 is 0 Å². The number of aromatic nitrogens is 4. The summed E-state index contributed by atoms with van der Waals surface area (Å²) in [6.07, 6.45) is 1.13. The van der Waals surface area contributed by atoms with Gasteiger partial charge in [-0.15, -0.1) is 15.3 Å². The highest BCUT2D eigenvalue weighted by Gasteiger charge is 2.37. The molecular formula is C24H29N7O2. The third-order valence-corrected chi connectivity index (χ3v) is 6.81. The number of aryl methyl sites for hydroxylation is 3. The molecule has 9 nitrogen and oxygen atoms in total. The first-order valence-corrected chi connectivity index (χ1v) is 11.5. The Bertz CT molecular complexity index is 1220. The molecule has 1 atom stereocenters. The molecule has 2 aromatic heterocycles. The minimum Gasteiger partial charge on any atom is -0.353 e. The molecule has 33 heavy (non-hydrogen) atoms. The molecule has 3 aromatic rings. The van der Waals surface area contributed by atoms with Gasteiger partial charge in [-0.2, -0.15) is 4.52 Å². The minimum absolute atomic E-state index is 0.0230. The van der Waals surface area contributed by atoms with E-state index in [0.29, 0.717) is 26.2 Å². The quantitative estimate of drug-likeness (QED) is 0.611. The summed E-state index contributed by atoms with van der Waals surface area (Å²) in [6.45, 7) is 9.26. The number of carbonyl (C=O) groups excluding carboxylic acids is 2. The first-order chi connectivity index (χ1) is 15.9. The van der Waals surface area contributed by atoms with Crippen LogP contribution in [0.3, 0.4) is 0 Å². The maximum atomic E-state index is 13.3. The van der Waals surface area contributed by atoms with Gasteiger partial charge >= 0.3 is 0 Å². The normalized spacial score (nSPS) is 19.4. The fraction of sp³-hybridized carbons (Fsp3) is 0.458. The zero-order chi connectivity index (χ0) is 23.1. The van der Waals surface area contributed by atoms with E-state index in [1.165, 1.54) is 5.56 Å². The van der Waals surface area contributed by atoms with Gasteiger partial charge in [-0.3, -0.25) is 9.59 Å². The molecule has 0 N–H and O–H groups in total. The van der Waals surface area contributed by atoms with E-state index >= 15 is 0 Å². The van der Waals surface area contributed by atoms with Crippen LogP contribution in [0.1, 0.15) is 29.8 Å². The molecule has 0 bridgehead atoms. The number of rotatable bonds is 3. The van der Waals surface area contributed by atoms with Crippen molar-refractivity contribution in [2.24, 2.45) is 5.92 Å². The van der Waals surface area contributed by atoms with Gasteiger partial charge in [-0.1, -0.05) is 6.07 Å². The van der Waals surface area contributed by atoms with Crippen molar-refractivity contribution in [2.75, 3.05) is 42.5 Å². The predicted octanol–water partition coefficient (Wildman–Crippen LogP) is 2.14. The number of hydrogen-bond donors (Lipinski definition) is 0. The molecule has 172 valence electrons. The molecule has 0 radical (unpaired) electrons. The third kappa shape index (κ3) is 4.03. The zero-order valence-electron chi connectivity index (χ0n) is 19.4. The standard InChI is InChI=1S/C24H29N7O2/c1-16-5-6-20(13-17(16)2)30-15-19(14-23(30)32)24(33)29-10-4-9-28(11-12-29)22-8-7-21-26-25-18(3)31(21)27-22/h5-8,13,19H,4,9-12,14-15H2,1-3H3. The molecule has 2 fully saturated rings. The molecule has 4 heterocycles. The van der Waals surface area contributed by atoms with Gasteiger partial charge in [-0.25, -0.2) is 0 Å². The number of anilines is 2. The molecular weight excluding hydrogens is 418 g/mol. The molecule has 5 rings (SSSR count). The van der Waals surface area contributed by atoms with Crippen LogP contribution in [0.2, 0.25) is 0 Å². The van der Waals surface area contributed by atoms with Crippen LogP contribution in [0.4, 0.5) is 11.5 Å². The molecule has 1 unspecified atom stereocenters. The smallest absolute Gasteiger partial charge is 0.228 e. The van der Waals surface area contributed by atoms with Crippen molar-refractivity contribution in [3.8, 4) is 0 Å². The lowest BCUT2D eigenvalue weighted by Gasteiger charge is -2.25. The monoisotopic (exact) mass is 447 g/mol. The van der Waals surface area contributed by atoms with Gasteiger partial charge in [0.05, 0.1) is 5.92 Å². The number of amides is 2. The summed E-state index contributed by atoms with van der Waals surface area (Å²) in [5, 5.41) is 12.8. The van der Waals surface area contributed by atoms with Gasteiger partial charge in [0.2, 0.25) is 11.8 Å². The van der Waals surface area contributed by atoms with E-state index in [2.05, 4.69) is 27.1 Å². The number of benzene rings is 1. The van der Waals surface area contributed by atoms with E-state index in [0.717, 1.165) is 41.5 Å². The van der Waals surface area contributed by atoms with Gasteiger partial charge in [-0.05, 0) is 62.6 Å². The lowest BCUT2D eigenvalue weighted by atomic mass is 10.1. The van der Waals surface area contributed by atoms with E-state index in [4.69, 9.17) is 0 Å². The molecule has 2 aliphatic rings. The van der Waals surface area contributed by atoms with Crippen LogP contribution in [0.15, 0.2) is 30.3 Å². The summed E-state index contributed by atoms with van der Waals surface area (Å²) in [5.41, 5.74) is 3.95. The van der Waals surface area contributed by atoms with Gasteiger partial charge in [0.15, 0.2) is 11.5 Å². The number of carbonyl (C=O) groups is 2. The van der Waals surface area contributed by atoms with Crippen LogP contribution in [0.5, 0.6) is 0 Å². The fourth-order valence-electron chi connectivity index (χ4n) is 4.70. The Morgan fingerprint density at radius 1 is 0.970 bits per heavy atom. The second-order valence-electron chi connectivity index (χ2n) is 9.05. The summed E-state index contributed by atoms with van der Waals surface area (Å²) >= 11 is 0. The first kappa shape index (κ1) is 21.4. The molecule has 2 aliphatic heterocycles. The highest BCUT2D eigenvalue weighted by molar-refractivity contribution is 6.00. The number of nitrogens with zero attached hydrogens (tertiary/aromatic N) is 7. The second-order valence-corrected chi connectivity index (χ2v) is 9.05. The summed E-state index contributed by atoms with van der Waals surface area (Å²) in [7, 11) is 0. The highest BCUT2D eigenvalue weighted by Crippen LogP contribution is 2.28. The van der Waals surface area contributed by atoms with Crippen LogP contribution in [-0.4, -0.2) is 69.2 Å². The maximum Gasteiger partial charge on any atom is 0.228 e. The van der Waals surface area contributed by atoms with Crippen molar-refractivity contribution in [3.63, 3.8) is 0 Å². The van der Waals surface area contributed by atoms with Crippen molar-refractivity contribution in [2.45, 2.75) is 33.6 Å². The van der Waals surface area contributed by atoms with E-state index in [9.17, 15) is 9.59 Å². The second kappa shape index (κ2) is 8.46. The van der Waals surface area contributed by atoms with Crippen LogP contribution in [0, 0.1) is 26.7 Å². The Morgan fingerprint density at radius 2 is 1.82 bits per heavy atom. The highest BCUT2D eigenvalue weighted by atomic mass is 16.2. The summed E-state index contributed by atoms with van der Waals surface area (Å²) in [6, 6.07) is 9.91. The lowest BCUT2D eigenvalue weighted by Crippen LogP contribution is -2.40. The van der Waals surface area contributed by atoms with E-state index in [-0.39, 0.29) is 24.2 Å². The molecule has 0 saturated carbocycles. The first-order valence-electron chi connectivity index (χ1n) is 11.5. The maximum absolute atomic E-state index is 13.3.